The van der Waals surface area contributed by atoms with Crippen LogP contribution in [-0.2, 0) is 23.8 Å². The minimum Gasteiger partial charge on any atom is -0.507 e. The Kier molecular flexibility index (Phi) is 5.84. The number of nitrogens with zero attached hydrogens (tertiary/aromatic N) is 3. The number of alkyl halides is 3. The number of rotatable bonds is 3. The lowest BCUT2D eigenvalue weighted by atomic mass is 9.96. The van der Waals surface area contributed by atoms with Crippen LogP contribution in [0.2, 0.25) is 0 Å². The van der Waals surface area contributed by atoms with Gasteiger partial charge < -0.3 is 20.1 Å². The summed E-state index contributed by atoms with van der Waals surface area (Å²) in [5.74, 6) is 0.243. The third-order valence-corrected chi connectivity index (χ3v) is 5.72. The molecule has 1 fully saturated rings. The van der Waals surface area contributed by atoms with Gasteiger partial charge in [0, 0.05) is 23.7 Å². The molecule has 0 saturated carbocycles. The molecule has 162 valence electrons. The SMILES string of the molecule is CN1CCC[C@@H](Nc2nnc(-c3ccc(C(F)(F)F)cc3O)c3c2CCOCC3)C1. The molecule has 0 radical (unpaired) electrons. The van der Waals surface area contributed by atoms with Gasteiger partial charge in [-0.2, -0.15) is 13.2 Å². The van der Waals surface area contributed by atoms with Crippen LogP contribution in [0.5, 0.6) is 5.75 Å². The topological polar surface area (TPSA) is 70.5 Å². The van der Waals surface area contributed by atoms with E-state index in [9.17, 15) is 18.3 Å². The maximum absolute atomic E-state index is 13.0. The van der Waals surface area contributed by atoms with E-state index in [1.165, 1.54) is 6.07 Å². The summed E-state index contributed by atoms with van der Waals surface area (Å²) in [6.07, 6.45) is -1.19. The van der Waals surface area contributed by atoms with Crippen LogP contribution in [-0.4, -0.2) is 59.6 Å². The summed E-state index contributed by atoms with van der Waals surface area (Å²) >= 11 is 0. The van der Waals surface area contributed by atoms with E-state index >= 15 is 0 Å². The largest absolute Gasteiger partial charge is 0.507 e. The zero-order chi connectivity index (χ0) is 21.3. The van der Waals surface area contributed by atoms with Crippen LogP contribution < -0.4 is 5.32 Å². The average molecular weight is 422 g/mol. The highest BCUT2D eigenvalue weighted by Crippen LogP contribution is 2.38. The highest BCUT2D eigenvalue weighted by Gasteiger charge is 2.32. The standard InChI is InChI=1S/C21H25F3N4O2/c1-28-8-2-3-14(12-28)25-20-16-7-10-30-9-6-15(16)19(26-27-20)17-5-4-13(11-18(17)29)21(22,23)24/h4-5,11,14,29H,2-3,6-10,12H2,1H3,(H,25,27)/t14-/m1/s1. The van der Waals surface area contributed by atoms with E-state index in [4.69, 9.17) is 4.74 Å². The zero-order valence-corrected chi connectivity index (χ0v) is 16.8. The Balaban J connectivity index is 1.71. The number of likely N-dealkylation sites (N-methyl/N-ethyl adjacent to an activating group) is 1. The minimum atomic E-state index is -4.52. The Morgan fingerprint density at radius 3 is 2.63 bits per heavy atom. The van der Waals surface area contributed by atoms with Gasteiger partial charge in [0.1, 0.15) is 11.4 Å². The number of likely N-dealkylation sites (tertiary alicyclic amines) is 1. The van der Waals surface area contributed by atoms with Gasteiger partial charge in [-0.25, -0.2) is 0 Å². The van der Waals surface area contributed by atoms with Crippen molar-refractivity contribution >= 4 is 5.82 Å². The summed E-state index contributed by atoms with van der Waals surface area (Å²) in [5, 5.41) is 22.5. The molecule has 3 heterocycles. The summed E-state index contributed by atoms with van der Waals surface area (Å²) in [7, 11) is 2.09. The maximum atomic E-state index is 13.0. The molecule has 0 bridgehead atoms. The van der Waals surface area contributed by atoms with Crippen LogP contribution in [0.4, 0.5) is 19.0 Å². The van der Waals surface area contributed by atoms with Crippen LogP contribution in [0.15, 0.2) is 18.2 Å². The Morgan fingerprint density at radius 1 is 1.17 bits per heavy atom. The third-order valence-electron chi connectivity index (χ3n) is 5.72. The van der Waals surface area contributed by atoms with Crippen molar-refractivity contribution in [1.29, 1.82) is 0 Å². The van der Waals surface area contributed by atoms with Gasteiger partial charge in [0.25, 0.3) is 0 Å². The van der Waals surface area contributed by atoms with E-state index in [0.29, 0.717) is 37.6 Å². The number of ether oxygens (including phenoxy) is 1. The molecule has 1 saturated heterocycles. The molecule has 4 rings (SSSR count). The average Bonchev–Trinajstić information content (AvgIpc) is 2.94. The van der Waals surface area contributed by atoms with Crippen LogP contribution in [0.1, 0.15) is 29.5 Å². The first kappa shape index (κ1) is 20.9. The van der Waals surface area contributed by atoms with E-state index in [1.807, 2.05) is 0 Å². The van der Waals surface area contributed by atoms with Crippen molar-refractivity contribution < 1.29 is 23.0 Å². The molecule has 2 aromatic rings. The lowest BCUT2D eigenvalue weighted by Gasteiger charge is -2.31. The van der Waals surface area contributed by atoms with Gasteiger partial charge in [0.05, 0.1) is 18.8 Å². The number of benzene rings is 1. The molecule has 0 aliphatic carbocycles. The van der Waals surface area contributed by atoms with E-state index < -0.39 is 17.5 Å². The first-order valence-electron chi connectivity index (χ1n) is 10.1. The first-order valence-corrected chi connectivity index (χ1v) is 10.1. The fourth-order valence-corrected chi connectivity index (χ4v) is 4.21. The van der Waals surface area contributed by atoms with Gasteiger partial charge in [-0.3, -0.25) is 0 Å². The van der Waals surface area contributed by atoms with Gasteiger partial charge in [-0.15, -0.1) is 10.2 Å². The second-order valence-corrected chi connectivity index (χ2v) is 7.94. The number of anilines is 1. The summed E-state index contributed by atoms with van der Waals surface area (Å²) in [6.45, 7) is 3.01. The van der Waals surface area contributed by atoms with E-state index in [0.717, 1.165) is 49.2 Å². The number of phenols is 1. The molecular weight excluding hydrogens is 397 g/mol. The number of hydrogen-bond acceptors (Lipinski definition) is 6. The molecule has 6 nitrogen and oxygen atoms in total. The summed E-state index contributed by atoms with van der Waals surface area (Å²) in [6, 6.07) is 3.22. The number of aromatic hydroxyl groups is 1. The Labute approximate surface area is 173 Å². The predicted octanol–water partition coefficient (Wildman–Crippen LogP) is 3.49. The fourth-order valence-electron chi connectivity index (χ4n) is 4.21. The maximum Gasteiger partial charge on any atom is 0.416 e. The van der Waals surface area contributed by atoms with E-state index in [2.05, 4.69) is 27.5 Å². The summed E-state index contributed by atoms with van der Waals surface area (Å²) < 4.78 is 44.5. The second kappa shape index (κ2) is 8.39. The molecule has 1 aromatic heterocycles. The molecule has 2 aliphatic rings. The van der Waals surface area contributed by atoms with Crippen LogP contribution in [0.25, 0.3) is 11.3 Å². The van der Waals surface area contributed by atoms with Crippen LogP contribution >= 0.6 is 0 Å². The van der Waals surface area contributed by atoms with Crippen molar-refractivity contribution in [3.8, 4) is 17.0 Å². The zero-order valence-electron chi connectivity index (χ0n) is 16.8. The Morgan fingerprint density at radius 2 is 1.93 bits per heavy atom. The van der Waals surface area contributed by atoms with Gasteiger partial charge in [-0.05, 0) is 63.0 Å². The van der Waals surface area contributed by atoms with Gasteiger partial charge in [0.2, 0.25) is 0 Å². The molecular formula is C21H25F3N4O2. The second-order valence-electron chi connectivity index (χ2n) is 7.94. The van der Waals surface area contributed by atoms with Crippen molar-refractivity contribution in [1.82, 2.24) is 15.1 Å². The van der Waals surface area contributed by atoms with Crippen molar-refractivity contribution in [2.24, 2.45) is 0 Å². The van der Waals surface area contributed by atoms with Gasteiger partial charge in [0.15, 0.2) is 5.82 Å². The molecule has 30 heavy (non-hydrogen) atoms. The molecule has 1 atom stereocenters. The number of piperidine rings is 1. The number of fused-ring (bicyclic) bond motifs is 1. The Hall–Kier alpha value is -2.39. The monoisotopic (exact) mass is 422 g/mol. The third kappa shape index (κ3) is 4.37. The highest BCUT2D eigenvalue weighted by molar-refractivity contribution is 5.73. The lowest BCUT2D eigenvalue weighted by Crippen LogP contribution is -2.40. The normalized spacial score (nSPS) is 20.5. The van der Waals surface area contributed by atoms with Gasteiger partial charge in [-0.1, -0.05) is 0 Å². The Bertz CT molecular complexity index is 920. The molecule has 1 aromatic carbocycles. The molecule has 0 amide bonds. The summed E-state index contributed by atoms with van der Waals surface area (Å²) in [5.41, 5.74) is 1.59. The molecule has 9 heteroatoms. The smallest absolute Gasteiger partial charge is 0.416 e. The van der Waals surface area contributed by atoms with E-state index in [1.54, 1.807) is 0 Å². The highest BCUT2D eigenvalue weighted by atomic mass is 19.4. The van der Waals surface area contributed by atoms with Crippen LogP contribution in [0, 0.1) is 0 Å². The predicted molar refractivity (Wildman–Crippen MR) is 107 cm³/mol. The number of aromatic nitrogens is 2. The molecule has 2 N–H and O–H groups in total. The molecule has 2 aliphatic heterocycles. The molecule has 0 spiro atoms. The number of phenolic OH excluding ortho intramolecular Hbond substituents is 1. The fraction of sp³-hybridized carbons (Fsp3) is 0.524. The minimum absolute atomic E-state index is 0.248. The summed E-state index contributed by atoms with van der Waals surface area (Å²) in [4.78, 5) is 2.27. The van der Waals surface area contributed by atoms with Gasteiger partial charge >= 0.3 is 6.18 Å². The number of halogens is 3. The van der Waals surface area contributed by atoms with Crippen molar-refractivity contribution in [2.45, 2.75) is 37.9 Å². The van der Waals surface area contributed by atoms with Crippen molar-refractivity contribution in [3.05, 3.63) is 34.9 Å². The first-order chi connectivity index (χ1) is 14.3. The van der Waals surface area contributed by atoms with E-state index in [-0.39, 0.29) is 11.6 Å². The quantitative estimate of drug-likeness (QED) is 0.789. The van der Waals surface area contributed by atoms with Crippen molar-refractivity contribution in [2.75, 3.05) is 38.7 Å². The van der Waals surface area contributed by atoms with Crippen LogP contribution in [0.3, 0.4) is 0 Å². The lowest BCUT2D eigenvalue weighted by molar-refractivity contribution is -0.137. The molecule has 0 unspecified atom stereocenters. The number of nitrogens with one attached hydrogen (secondary N) is 1. The number of hydrogen-bond donors (Lipinski definition) is 2. The van der Waals surface area contributed by atoms with Crippen molar-refractivity contribution in [3.63, 3.8) is 0 Å².